The van der Waals surface area contributed by atoms with Crippen LogP contribution in [0.4, 0.5) is 19.3 Å². The number of fused-ring (bicyclic) bond motifs is 3. The summed E-state index contributed by atoms with van der Waals surface area (Å²) in [7, 11) is 3.08. The molecule has 1 amide bonds. The number of carbonyl (C=O) groups excluding carboxylic acids is 2. The van der Waals surface area contributed by atoms with Crippen LogP contribution in [0.5, 0.6) is 11.5 Å². The average Bonchev–Trinajstić information content (AvgIpc) is 3.14. The third-order valence-electron chi connectivity index (χ3n) is 9.54. The second kappa shape index (κ2) is 16.3. The number of benzene rings is 3. The zero-order valence-electron chi connectivity index (χ0n) is 28.2. The lowest BCUT2D eigenvalue weighted by Crippen LogP contribution is -2.53. The SMILES string of the molecule is COc1ccc([C@@H](COC(=O)c2ccc(CN(C(=O)O[C@H]3CN4CCC3CC4)c3cc(F)ccc3F)cc2)Cc2c(Cl)c[nH+]cc2Cl)cc1OC. The zero-order chi connectivity index (χ0) is 36.1. The van der Waals surface area contributed by atoms with Gasteiger partial charge in [-0.15, -0.1) is 0 Å². The van der Waals surface area contributed by atoms with Crippen LogP contribution in [0.2, 0.25) is 10.0 Å². The molecule has 4 heterocycles. The number of hydrogen-bond donors (Lipinski definition) is 0. The molecule has 13 heteroatoms. The fraction of sp³-hybridized carbons (Fsp3) is 0.342. The average molecular weight is 742 g/mol. The van der Waals surface area contributed by atoms with Crippen LogP contribution in [0.15, 0.2) is 73.1 Å². The van der Waals surface area contributed by atoms with Gasteiger partial charge in [-0.25, -0.2) is 23.4 Å². The van der Waals surface area contributed by atoms with Crippen molar-refractivity contribution in [1.82, 2.24) is 4.90 Å². The molecule has 0 aliphatic carbocycles. The molecule has 1 aromatic heterocycles. The number of aromatic nitrogens is 1. The number of nitrogens with one attached hydrogen (secondary N) is 1. The standard InChI is InChI=1S/C38H37Cl2F2N3O6/c1-48-34-10-7-26(16-35(34)49-2)27(15-29-30(39)18-43-19-31(29)40)22-50-37(46)25-5-3-23(4-6-25)20-45(33-17-28(41)8-9-32(33)42)38(47)51-36-21-44-13-11-24(36)12-14-44/h3-10,16-19,24,27,36H,11-15,20-22H2,1-2H3/p+1/t27-,36+/m1/s1. The van der Waals surface area contributed by atoms with E-state index in [1.54, 1.807) is 49.8 Å². The van der Waals surface area contributed by atoms with Gasteiger partial charge in [-0.05, 0) is 85.8 Å². The summed E-state index contributed by atoms with van der Waals surface area (Å²) in [6.07, 6.45) is 4.37. The number of amides is 1. The summed E-state index contributed by atoms with van der Waals surface area (Å²) in [6, 6.07) is 14.8. The summed E-state index contributed by atoms with van der Waals surface area (Å²) in [5, 5.41) is 0.879. The van der Waals surface area contributed by atoms with Gasteiger partial charge in [-0.3, -0.25) is 9.80 Å². The van der Waals surface area contributed by atoms with Crippen molar-refractivity contribution in [2.24, 2.45) is 5.92 Å². The Balaban J connectivity index is 1.18. The highest BCUT2D eigenvalue weighted by atomic mass is 35.5. The highest BCUT2D eigenvalue weighted by molar-refractivity contribution is 6.35. The summed E-state index contributed by atoms with van der Waals surface area (Å²) < 4.78 is 51.9. The molecule has 268 valence electrons. The number of piperidine rings is 3. The van der Waals surface area contributed by atoms with Crippen molar-refractivity contribution in [1.29, 1.82) is 0 Å². The van der Waals surface area contributed by atoms with Crippen LogP contribution in [-0.4, -0.2) is 63.5 Å². The molecule has 3 aromatic carbocycles. The number of H-pyrrole nitrogens is 1. The fourth-order valence-electron chi connectivity index (χ4n) is 6.66. The summed E-state index contributed by atoms with van der Waals surface area (Å²) in [6.45, 7) is 2.40. The number of anilines is 1. The topological polar surface area (TPSA) is 91.7 Å². The summed E-state index contributed by atoms with van der Waals surface area (Å²) in [5.41, 5.74) is 2.08. The maximum atomic E-state index is 15.0. The smallest absolute Gasteiger partial charge is 0.415 e. The number of halogens is 4. The van der Waals surface area contributed by atoms with Crippen LogP contribution in [0.3, 0.4) is 0 Å². The van der Waals surface area contributed by atoms with E-state index in [1.807, 2.05) is 12.1 Å². The first-order valence-corrected chi connectivity index (χ1v) is 17.4. The van der Waals surface area contributed by atoms with Crippen molar-refractivity contribution in [2.75, 3.05) is 45.4 Å². The fourth-order valence-corrected chi connectivity index (χ4v) is 7.20. The molecule has 9 nitrogen and oxygen atoms in total. The maximum absolute atomic E-state index is 15.0. The Kier molecular flexibility index (Phi) is 11.6. The van der Waals surface area contributed by atoms with Crippen LogP contribution >= 0.6 is 23.2 Å². The van der Waals surface area contributed by atoms with E-state index >= 15 is 4.39 Å². The van der Waals surface area contributed by atoms with Crippen molar-refractivity contribution in [3.05, 3.63) is 117 Å². The van der Waals surface area contributed by atoms with Gasteiger partial charge in [0.1, 0.15) is 27.8 Å². The predicted octanol–water partition coefficient (Wildman–Crippen LogP) is 7.52. The van der Waals surface area contributed by atoms with Gasteiger partial charge >= 0.3 is 12.1 Å². The van der Waals surface area contributed by atoms with E-state index in [9.17, 15) is 14.0 Å². The minimum absolute atomic E-state index is 0.0145. The lowest BCUT2D eigenvalue weighted by Gasteiger charge is -2.44. The van der Waals surface area contributed by atoms with Gasteiger partial charge in [0.15, 0.2) is 23.9 Å². The Hall–Kier alpha value is -4.45. The Labute approximate surface area is 305 Å². The number of nitrogens with zero attached hydrogens (tertiary/aromatic N) is 2. The first-order valence-electron chi connectivity index (χ1n) is 16.6. The molecule has 4 aromatic rings. The van der Waals surface area contributed by atoms with E-state index in [0.717, 1.165) is 54.6 Å². The van der Waals surface area contributed by atoms with Crippen LogP contribution in [0.25, 0.3) is 0 Å². The van der Waals surface area contributed by atoms with Gasteiger partial charge in [-0.2, -0.15) is 0 Å². The number of aromatic amines is 1. The van der Waals surface area contributed by atoms with Crippen LogP contribution < -0.4 is 19.4 Å². The molecule has 0 radical (unpaired) electrons. The molecule has 51 heavy (non-hydrogen) atoms. The first kappa shape index (κ1) is 36.3. The normalized spacial score (nSPS) is 18.5. The molecule has 2 bridgehead atoms. The highest BCUT2D eigenvalue weighted by Gasteiger charge is 2.38. The minimum Gasteiger partial charge on any atom is -0.493 e. The van der Waals surface area contributed by atoms with Crippen LogP contribution in [0.1, 0.15) is 45.8 Å². The quantitative estimate of drug-likeness (QED) is 0.139. The van der Waals surface area contributed by atoms with E-state index < -0.39 is 23.7 Å². The molecular formula is C38H38Cl2F2N3O6+. The van der Waals surface area contributed by atoms with E-state index in [0.29, 0.717) is 45.6 Å². The van der Waals surface area contributed by atoms with Crippen molar-refractivity contribution in [3.63, 3.8) is 0 Å². The number of carbonyl (C=O) groups is 2. The van der Waals surface area contributed by atoms with Crippen molar-refractivity contribution in [2.45, 2.75) is 37.8 Å². The zero-order valence-corrected chi connectivity index (χ0v) is 29.7. The highest BCUT2D eigenvalue weighted by Crippen LogP contribution is 2.35. The number of methoxy groups -OCH3 is 2. The van der Waals surface area contributed by atoms with Gasteiger partial charge < -0.3 is 18.9 Å². The molecule has 3 saturated heterocycles. The Bertz CT molecular complexity index is 1850. The van der Waals surface area contributed by atoms with Gasteiger partial charge in [0.2, 0.25) is 0 Å². The number of ether oxygens (including phenoxy) is 4. The van der Waals surface area contributed by atoms with Gasteiger partial charge in [0.05, 0.1) is 38.6 Å². The largest absolute Gasteiger partial charge is 0.493 e. The summed E-state index contributed by atoms with van der Waals surface area (Å²) in [4.78, 5) is 33.1. The molecule has 1 N–H and O–H groups in total. The molecule has 7 rings (SSSR count). The second-order valence-electron chi connectivity index (χ2n) is 12.7. The van der Waals surface area contributed by atoms with E-state index in [2.05, 4.69) is 9.88 Å². The lowest BCUT2D eigenvalue weighted by atomic mass is 9.86. The van der Waals surface area contributed by atoms with Crippen molar-refractivity contribution < 1.29 is 42.3 Å². The molecule has 3 aliphatic rings. The van der Waals surface area contributed by atoms with Gasteiger partial charge in [0, 0.05) is 24.1 Å². The molecule has 0 unspecified atom stereocenters. The molecular weight excluding hydrogens is 703 g/mol. The molecule has 0 spiro atoms. The summed E-state index contributed by atoms with van der Waals surface area (Å²) in [5.74, 6) is -1.10. The van der Waals surface area contributed by atoms with Crippen molar-refractivity contribution in [3.8, 4) is 11.5 Å². The first-order chi connectivity index (χ1) is 24.6. The Morgan fingerprint density at radius 2 is 1.65 bits per heavy atom. The second-order valence-corrected chi connectivity index (χ2v) is 13.5. The number of hydrogen-bond acceptors (Lipinski definition) is 7. The lowest BCUT2D eigenvalue weighted by molar-refractivity contribution is -0.377. The molecule has 3 fully saturated rings. The Morgan fingerprint density at radius 3 is 2.29 bits per heavy atom. The van der Waals surface area contributed by atoms with E-state index in [4.69, 9.17) is 42.1 Å². The predicted molar refractivity (Wildman–Crippen MR) is 188 cm³/mol. The monoisotopic (exact) mass is 740 g/mol. The minimum atomic E-state index is -0.764. The number of esters is 1. The van der Waals surface area contributed by atoms with Gasteiger partial charge in [-0.1, -0.05) is 41.4 Å². The number of rotatable bonds is 12. The van der Waals surface area contributed by atoms with Gasteiger partial charge in [0.25, 0.3) is 0 Å². The summed E-state index contributed by atoms with van der Waals surface area (Å²) >= 11 is 12.9. The van der Waals surface area contributed by atoms with E-state index in [1.165, 1.54) is 7.11 Å². The molecule has 2 atom stereocenters. The van der Waals surface area contributed by atoms with Crippen LogP contribution in [0, 0.1) is 17.6 Å². The van der Waals surface area contributed by atoms with Crippen LogP contribution in [-0.2, 0) is 22.4 Å². The number of pyridine rings is 1. The van der Waals surface area contributed by atoms with E-state index in [-0.39, 0.29) is 42.3 Å². The van der Waals surface area contributed by atoms with Crippen molar-refractivity contribution >= 4 is 41.0 Å². The molecule has 0 saturated carbocycles. The maximum Gasteiger partial charge on any atom is 0.415 e. The Morgan fingerprint density at radius 1 is 0.941 bits per heavy atom. The third kappa shape index (κ3) is 8.54. The molecule has 3 aliphatic heterocycles. The third-order valence-corrected chi connectivity index (χ3v) is 10.2.